The number of hydrogen-bond acceptors (Lipinski definition) is 6. The van der Waals surface area contributed by atoms with Gasteiger partial charge in [-0.05, 0) is 25.1 Å². The maximum Gasteiger partial charge on any atom is 0.327 e. The number of nitrogens with zero attached hydrogens (tertiary/aromatic N) is 1. The third-order valence-corrected chi connectivity index (χ3v) is 5.23. The van der Waals surface area contributed by atoms with Crippen LogP contribution >= 0.6 is 23.2 Å². The molecule has 0 aliphatic heterocycles. The summed E-state index contributed by atoms with van der Waals surface area (Å²) >= 11 is 11.5. The van der Waals surface area contributed by atoms with Crippen LogP contribution < -0.4 is 4.72 Å². The fourth-order valence-corrected chi connectivity index (χ4v) is 3.22. The van der Waals surface area contributed by atoms with Crippen molar-refractivity contribution in [3.8, 4) is 0 Å². The quantitative estimate of drug-likeness (QED) is 0.635. The van der Waals surface area contributed by atoms with Crippen molar-refractivity contribution in [2.45, 2.75) is 24.0 Å². The zero-order chi connectivity index (χ0) is 19.4. The number of carbonyl (C=O) groups is 2. The van der Waals surface area contributed by atoms with Crippen LogP contribution in [-0.2, 0) is 24.3 Å². The highest BCUT2D eigenvalue weighted by atomic mass is 35.5. The number of likely N-dealkylation sites (N-methyl/N-ethyl adjacent to an activating group) is 1. The van der Waals surface area contributed by atoms with Gasteiger partial charge in [0.15, 0.2) is 6.61 Å². The van der Waals surface area contributed by atoms with Crippen LogP contribution in [0.3, 0.4) is 0 Å². The lowest BCUT2D eigenvalue weighted by atomic mass is 10.2. The molecule has 0 radical (unpaired) electrons. The summed E-state index contributed by atoms with van der Waals surface area (Å²) in [6.07, 6.45) is -1.40. The van der Waals surface area contributed by atoms with Crippen LogP contribution in [0.2, 0.25) is 10.0 Å². The van der Waals surface area contributed by atoms with Gasteiger partial charge in [-0.3, -0.25) is 9.59 Å². The molecule has 0 heterocycles. The van der Waals surface area contributed by atoms with E-state index < -0.39 is 40.7 Å². The van der Waals surface area contributed by atoms with Gasteiger partial charge in [0.1, 0.15) is 6.04 Å². The highest BCUT2D eigenvalue weighted by Gasteiger charge is 2.31. The first kappa shape index (κ1) is 21.7. The second-order valence-corrected chi connectivity index (χ2v) is 7.84. The Morgan fingerprint density at radius 2 is 1.88 bits per heavy atom. The molecule has 1 aromatic carbocycles. The molecule has 11 heteroatoms. The highest BCUT2D eigenvalue weighted by molar-refractivity contribution is 7.89. The monoisotopic (exact) mass is 412 g/mol. The molecule has 1 amide bonds. The van der Waals surface area contributed by atoms with Crippen LogP contribution in [-0.4, -0.2) is 63.1 Å². The Bertz CT molecular complexity index is 752. The Balaban J connectivity index is 2.94. The van der Waals surface area contributed by atoms with Gasteiger partial charge in [0, 0.05) is 14.1 Å². The Morgan fingerprint density at radius 3 is 2.36 bits per heavy atom. The van der Waals surface area contributed by atoms with Crippen molar-refractivity contribution in [1.82, 2.24) is 9.62 Å². The number of ether oxygens (including phenoxy) is 1. The molecule has 2 atom stereocenters. The van der Waals surface area contributed by atoms with Gasteiger partial charge < -0.3 is 14.7 Å². The summed E-state index contributed by atoms with van der Waals surface area (Å²) in [4.78, 5) is 24.4. The van der Waals surface area contributed by atoms with Gasteiger partial charge in [0.25, 0.3) is 5.91 Å². The summed E-state index contributed by atoms with van der Waals surface area (Å²) in [7, 11) is -1.26. The number of aliphatic hydroxyl groups is 1. The summed E-state index contributed by atoms with van der Waals surface area (Å²) in [5.41, 5.74) is 0. The van der Waals surface area contributed by atoms with Crippen molar-refractivity contribution in [2.75, 3.05) is 20.7 Å². The fourth-order valence-electron chi connectivity index (χ4n) is 1.57. The molecule has 1 aromatic rings. The standard InChI is InChI=1S/C14H18Cl2N2O6S/c1-8(19)13(14(21)24-7-12(20)18(2)3)17-25(22,23)9-4-5-10(15)11(16)6-9/h4-6,8,13,17,19H,7H2,1-3H3/t8-,13+/m0/s1. The minimum atomic E-state index is -4.19. The van der Waals surface area contributed by atoms with Crippen molar-refractivity contribution in [3.63, 3.8) is 0 Å². The second kappa shape index (κ2) is 8.81. The Labute approximate surface area is 155 Å². The molecule has 0 aliphatic rings. The maximum atomic E-state index is 12.4. The number of esters is 1. The molecular weight excluding hydrogens is 395 g/mol. The SMILES string of the molecule is C[C@H](O)[C@@H](NS(=O)(=O)c1ccc(Cl)c(Cl)c1)C(=O)OCC(=O)N(C)C. The molecule has 25 heavy (non-hydrogen) atoms. The number of nitrogens with one attached hydrogen (secondary N) is 1. The van der Waals surface area contributed by atoms with E-state index >= 15 is 0 Å². The van der Waals surface area contributed by atoms with E-state index in [1.165, 1.54) is 38.1 Å². The Hall–Kier alpha value is -1.39. The van der Waals surface area contributed by atoms with Gasteiger partial charge in [0.05, 0.1) is 21.0 Å². The van der Waals surface area contributed by atoms with Crippen LogP contribution in [0.25, 0.3) is 0 Å². The third kappa shape index (κ3) is 6.12. The van der Waals surface area contributed by atoms with Gasteiger partial charge in [-0.1, -0.05) is 23.2 Å². The number of carbonyl (C=O) groups excluding carboxylic acids is 2. The normalized spacial score (nSPS) is 13.8. The first-order valence-corrected chi connectivity index (χ1v) is 9.22. The molecule has 0 aliphatic carbocycles. The van der Waals surface area contributed by atoms with E-state index in [9.17, 15) is 23.1 Å². The van der Waals surface area contributed by atoms with Crippen LogP contribution in [0.15, 0.2) is 23.1 Å². The van der Waals surface area contributed by atoms with E-state index in [1.54, 1.807) is 0 Å². The molecule has 0 spiro atoms. The molecule has 0 aromatic heterocycles. The molecule has 0 saturated carbocycles. The van der Waals surface area contributed by atoms with Gasteiger partial charge in [-0.2, -0.15) is 4.72 Å². The summed E-state index contributed by atoms with van der Waals surface area (Å²) in [5.74, 6) is -1.58. The molecule has 1 rings (SSSR count). The zero-order valence-electron chi connectivity index (χ0n) is 13.7. The summed E-state index contributed by atoms with van der Waals surface area (Å²) in [6, 6.07) is 1.97. The largest absolute Gasteiger partial charge is 0.454 e. The first-order chi connectivity index (χ1) is 11.5. The summed E-state index contributed by atoms with van der Waals surface area (Å²) in [5, 5.41) is 9.87. The summed E-state index contributed by atoms with van der Waals surface area (Å²) < 4.78 is 31.5. The number of hydrogen-bond donors (Lipinski definition) is 2. The minimum Gasteiger partial charge on any atom is -0.454 e. The van der Waals surface area contributed by atoms with Gasteiger partial charge in [-0.15, -0.1) is 0 Å². The van der Waals surface area contributed by atoms with Crippen molar-refractivity contribution >= 4 is 45.1 Å². The minimum absolute atomic E-state index is 0.0114. The number of rotatable bonds is 7. The number of aliphatic hydroxyl groups excluding tert-OH is 1. The predicted octanol–water partition coefficient (Wildman–Crippen LogP) is 0.652. The highest BCUT2D eigenvalue weighted by Crippen LogP contribution is 2.25. The van der Waals surface area contributed by atoms with E-state index in [0.29, 0.717) is 0 Å². The van der Waals surface area contributed by atoms with Gasteiger partial charge in [0.2, 0.25) is 10.0 Å². The fraction of sp³-hybridized carbons (Fsp3) is 0.429. The Morgan fingerprint density at radius 1 is 1.28 bits per heavy atom. The Kier molecular flexibility index (Phi) is 7.63. The molecule has 0 fully saturated rings. The zero-order valence-corrected chi connectivity index (χ0v) is 16.0. The second-order valence-electron chi connectivity index (χ2n) is 5.31. The lowest BCUT2D eigenvalue weighted by molar-refractivity contribution is -0.154. The number of sulfonamides is 1. The topological polar surface area (TPSA) is 113 Å². The van der Waals surface area contributed by atoms with Crippen LogP contribution in [0.4, 0.5) is 0 Å². The van der Waals surface area contributed by atoms with E-state index in [2.05, 4.69) is 0 Å². The van der Waals surface area contributed by atoms with Crippen LogP contribution in [0.5, 0.6) is 0 Å². The smallest absolute Gasteiger partial charge is 0.327 e. The number of benzene rings is 1. The average Bonchev–Trinajstić information content (AvgIpc) is 2.52. The molecule has 0 bridgehead atoms. The average molecular weight is 413 g/mol. The van der Waals surface area contributed by atoms with Crippen LogP contribution in [0, 0.1) is 0 Å². The predicted molar refractivity (Wildman–Crippen MR) is 91.9 cm³/mol. The first-order valence-electron chi connectivity index (χ1n) is 6.98. The number of halogens is 2. The molecule has 140 valence electrons. The van der Waals surface area contributed by atoms with Crippen molar-refractivity contribution in [1.29, 1.82) is 0 Å². The third-order valence-electron chi connectivity index (χ3n) is 3.06. The maximum absolute atomic E-state index is 12.4. The van der Waals surface area contributed by atoms with E-state index in [-0.39, 0.29) is 14.9 Å². The van der Waals surface area contributed by atoms with E-state index in [1.807, 2.05) is 4.72 Å². The van der Waals surface area contributed by atoms with E-state index in [0.717, 1.165) is 6.07 Å². The molecule has 2 N–H and O–H groups in total. The van der Waals surface area contributed by atoms with E-state index in [4.69, 9.17) is 27.9 Å². The molecule has 0 saturated heterocycles. The summed E-state index contributed by atoms with van der Waals surface area (Å²) in [6.45, 7) is 0.626. The number of amides is 1. The van der Waals surface area contributed by atoms with Crippen molar-refractivity contribution in [2.24, 2.45) is 0 Å². The lowest BCUT2D eigenvalue weighted by Crippen LogP contribution is -2.49. The molecule has 8 nitrogen and oxygen atoms in total. The van der Waals surface area contributed by atoms with Gasteiger partial charge in [-0.25, -0.2) is 8.42 Å². The van der Waals surface area contributed by atoms with Crippen molar-refractivity contribution in [3.05, 3.63) is 28.2 Å². The molecule has 0 unspecified atom stereocenters. The molecular formula is C14H18Cl2N2O6S. The van der Waals surface area contributed by atoms with Crippen LogP contribution in [0.1, 0.15) is 6.92 Å². The van der Waals surface area contributed by atoms with Gasteiger partial charge >= 0.3 is 5.97 Å². The van der Waals surface area contributed by atoms with Crippen molar-refractivity contribution < 1.29 is 27.9 Å². The lowest BCUT2D eigenvalue weighted by Gasteiger charge is -2.20.